The molecule has 0 heterocycles. The Kier molecular flexibility index (Phi) is 31.9. The fraction of sp³-hybridized carbons (Fsp3) is 0.791. The largest absolute Gasteiger partial charge is 0.472 e. The molecule has 0 aliphatic heterocycles. The summed E-state index contributed by atoms with van der Waals surface area (Å²) < 4.78 is 34.1. The van der Waals surface area contributed by atoms with Crippen LogP contribution in [0.1, 0.15) is 155 Å². The van der Waals surface area contributed by atoms with E-state index in [1.165, 1.54) is 25.7 Å². The lowest BCUT2D eigenvalue weighted by Crippen LogP contribution is -2.64. The van der Waals surface area contributed by atoms with Crippen LogP contribution in [0.25, 0.3) is 0 Å². The third-order valence-corrected chi connectivity index (χ3v) is 10.7. The number of hydrogen-bond donors (Lipinski definition) is 6. The minimum atomic E-state index is -5.02. The van der Waals surface area contributed by atoms with E-state index < -0.39 is 63.1 Å². The molecular weight excluding hydrogens is 739 g/mol. The van der Waals surface area contributed by atoms with Gasteiger partial charge in [-0.05, 0) is 64.2 Å². The molecule has 1 aliphatic rings. The van der Waals surface area contributed by atoms with E-state index >= 15 is 0 Å². The highest BCUT2D eigenvalue weighted by Gasteiger charge is 2.51. The minimum Gasteiger partial charge on any atom is -0.457 e. The summed E-state index contributed by atoms with van der Waals surface area (Å²) in [5.74, 6) is -0.498. The molecule has 6 atom stereocenters. The highest BCUT2D eigenvalue weighted by molar-refractivity contribution is 7.47. The lowest BCUT2D eigenvalue weighted by atomic mass is 9.85. The molecule has 0 aromatic rings. The van der Waals surface area contributed by atoms with Gasteiger partial charge in [0.15, 0.2) is 0 Å². The monoisotopic (exact) mass is 817 g/mol. The summed E-state index contributed by atoms with van der Waals surface area (Å²) in [5, 5.41) is 50.1. The number of allylic oxidation sites excluding steroid dienone is 8. The van der Waals surface area contributed by atoms with Crippen molar-refractivity contribution in [1.82, 2.24) is 0 Å². The van der Waals surface area contributed by atoms with E-state index in [4.69, 9.17) is 18.5 Å². The molecule has 6 N–H and O–H groups in total. The van der Waals surface area contributed by atoms with Crippen LogP contribution >= 0.6 is 7.82 Å². The van der Waals surface area contributed by atoms with Gasteiger partial charge in [0.1, 0.15) is 42.7 Å². The number of unbranched alkanes of at least 4 members (excludes halogenated alkanes) is 15. The summed E-state index contributed by atoms with van der Waals surface area (Å²) in [6, 6.07) is 0. The second-order valence-corrected chi connectivity index (χ2v) is 16.2. The number of aliphatic hydroxyl groups excluding tert-OH is 5. The Balaban J connectivity index is 2.46. The first-order chi connectivity index (χ1) is 27.0. The third kappa shape index (κ3) is 26.3. The van der Waals surface area contributed by atoms with Crippen molar-refractivity contribution in [3.8, 4) is 0 Å². The molecule has 326 valence electrons. The van der Waals surface area contributed by atoms with Crippen LogP contribution in [0.2, 0.25) is 0 Å². The first-order valence-corrected chi connectivity index (χ1v) is 23.0. The summed E-state index contributed by atoms with van der Waals surface area (Å²) in [6.07, 6.45) is 27.5. The molecule has 12 nitrogen and oxygen atoms in total. The highest BCUT2D eigenvalue weighted by atomic mass is 31.2. The van der Waals surface area contributed by atoms with Gasteiger partial charge in [0.05, 0.1) is 13.2 Å². The van der Waals surface area contributed by atoms with Crippen LogP contribution in [0.4, 0.5) is 0 Å². The SMILES string of the molecule is CCCC/C=C\C/C=C\CCCCCCCCOCC(COP(=O)(O)OC1C(O)C(O)C(O)C(O)C1O)OC(=O)CCCCCCC/C=C\C/C=C\CCCC. The van der Waals surface area contributed by atoms with Crippen molar-refractivity contribution >= 4 is 13.8 Å². The molecule has 1 saturated carbocycles. The molecule has 0 saturated heterocycles. The molecule has 0 aromatic heterocycles. The van der Waals surface area contributed by atoms with Gasteiger partial charge in [-0.25, -0.2) is 4.57 Å². The number of carbonyl (C=O) groups excluding carboxylic acids is 1. The topological polar surface area (TPSA) is 192 Å². The number of rotatable bonds is 35. The Morgan fingerprint density at radius 2 is 1.00 bits per heavy atom. The summed E-state index contributed by atoms with van der Waals surface area (Å²) in [6.45, 7) is 4.12. The van der Waals surface area contributed by atoms with Gasteiger partial charge in [-0.15, -0.1) is 0 Å². The quantitative estimate of drug-likeness (QED) is 0.0156. The van der Waals surface area contributed by atoms with E-state index in [2.05, 4.69) is 62.5 Å². The molecule has 13 heteroatoms. The summed E-state index contributed by atoms with van der Waals surface area (Å²) in [4.78, 5) is 23.1. The number of carbonyl (C=O) groups is 1. The number of hydrogen-bond acceptors (Lipinski definition) is 11. The van der Waals surface area contributed by atoms with Crippen LogP contribution in [0.3, 0.4) is 0 Å². The van der Waals surface area contributed by atoms with Gasteiger partial charge in [-0.1, -0.05) is 133 Å². The van der Waals surface area contributed by atoms with Crippen molar-refractivity contribution in [2.24, 2.45) is 0 Å². The summed E-state index contributed by atoms with van der Waals surface area (Å²) in [7, 11) is -5.02. The van der Waals surface area contributed by atoms with Gasteiger partial charge in [0.25, 0.3) is 0 Å². The van der Waals surface area contributed by atoms with E-state index in [1.807, 2.05) is 0 Å². The van der Waals surface area contributed by atoms with Gasteiger partial charge in [-0.2, -0.15) is 0 Å². The van der Waals surface area contributed by atoms with Crippen molar-refractivity contribution in [1.29, 1.82) is 0 Å². The van der Waals surface area contributed by atoms with Crippen LogP contribution < -0.4 is 0 Å². The Labute approximate surface area is 337 Å². The Bertz CT molecular complexity index is 1110. The average molecular weight is 817 g/mol. The number of phosphoric ester groups is 1. The molecular formula is C43H77O12P. The van der Waals surface area contributed by atoms with Gasteiger partial charge in [-0.3, -0.25) is 13.8 Å². The Morgan fingerprint density at radius 1 is 0.571 bits per heavy atom. The molecule has 1 aliphatic carbocycles. The smallest absolute Gasteiger partial charge is 0.457 e. The van der Waals surface area contributed by atoms with Crippen LogP contribution in [-0.4, -0.2) is 98.9 Å². The molecule has 1 rings (SSSR count). The van der Waals surface area contributed by atoms with Gasteiger partial charge in [0.2, 0.25) is 0 Å². The number of esters is 1. The first kappa shape index (κ1) is 52.3. The zero-order valence-electron chi connectivity index (χ0n) is 34.4. The van der Waals surface area contributed by atoms with Crippen molar-refractivity contribution in [2.45, 2.75) is 198 Å². The maximum Gasteiger partial charge on any atom is 0.472 e. The second-order valence-electron chi connectivity index (χ2n) is 14.8. The first-order valence-electron chi connectivity index (χ1n) is 21.5. The average Bonchev–Trinajstić information content (AvgIpc) is 3.18. The maximum absolute atomic E-state index is 12.8. The van der Waals surface area contributed by atoms with Gasteiger partial charge < -0.3 is 39.9 Å². The van der Waals surface area contributed by atoms with Crippen molar-refractivity contribution in [3.63, 3.8) is 0 Å². The molecule has 0 amide bonds. The number of ether oxygens (including phenoxy) is 2. The number of aliphatic hydroxyl groups is 5. The van der Waals surface area contributed by atoms with Crippen molar-refractivity contribution < 1.29 is 58.3 Å². The fourth-order valence-corrected chi connectivity index (χ4v) is 7.12. The molecule has 0 spiro atoms. The molecule has 0 aromatic carbocycles. The van der Waals surface area contributed by atoms with Crippen LogP contribution in [0, 0.1) is 0 Å². The van der Waals surface area contributed by atoms with E-state index in [0.717, 1.165) is 103 Å². The predicted molar refractivity (Wildman–Crippen MR) is 221 cm³/mol. The highest BCUT2D eigenvalue weighted by Crippen LogP contribution is 2.47. The summed E-state index contributed by atoms with van der Waals surface area (Å²) >= 11 is 0. The normalized spacial score (nSPS) is 23.5. The van der Waals surface area contributed by atoms with Crippen LogP contribution in [0.5, 0.6) is 0 Å². The standard InChI is InChI=1S/C43H77O12P/c1-3-5-7-9-11-13-15-17-19-21-23-25-27-29-31-33-52-34-36(35-53-56(50,51)55-43-41(48)39(46)38(45)40(47)42(43)49)54-37(44)32-30-28-26-24-22-20-18-16-14-12-10-8-6-4-2/h9-12,15-18,36,38-43,45-49H,3-8,13-14,19-35H2,1-2H3,(H,50,51)/b11-9-,12-10-,17-15-,18-16-. The third-order valence-electron chi connectivity index (χ3n) is 9.67. The van der Waals surface area contributed by atoms with Gasteiger partial charge >= 0.3 is 13.8 Å². The van der Waals surface area contributed by atoms with E-state index in [9.17, 15) is 39.8 Å². The van der Waals surface area contributed by atoms with Crippen LogP contribution in [-0.2, 0) is 27.9 Å². The molecule has 6 unspecified atom stereocenters. The lowest BCUT2D eigenvalue weighted by Gasteiger charge is -2.41. The van der Waals surface area contributed by atoms with Crippen molar-refractivity contribution in [3.05, 3.63) is 48.6 Å². The minimum absolute atomic E-state index is 0.0911. The van der Waals surface area contributed by atoms with Crippen molar-refractivity contribution in [2.75, 3.05) is 19.8 Å². The predicted octanol–water partition coefficient (Wildman–Crippen LogP) is 8.08. The summed E-state index contributed by atoms with van der Waals surface area (Å²) in [5.41, 5.74) is 0. The molecule has 0 radical (unpaired) electrons. The Hall–Kier alpha value is -1.70. The molecule has 0 bridgehead atoms. The van der Waals surface area contributed by atoms with E-state index in [1.54, 1.807) is 0 Å². The molecule has 56 heavy (non-hydrogen) atoms. The van der Waals surface area contributed by atoms with Gasteiger partial charge in [0, 0.05) is 13.0 Å². The second kappa shape index (κ2) is 34.2. The number of phosphoric acid groups is 1. The maximum atomic E-state index is 12.8. The van der Waals surface area contributed by atoms with Crippen LogP contribution in [0.15, 0.2) is 48.6 Å². The fourth-order valence-electron chi connectivity index (χ4n) is 6.15. The van der Waals surface area contributed by atoms with E-state index in [0.29, 0.717) is 13.0 Å². The zero-order chi connectivity index (χ0) is 41.3. The van der Waals surface area contributed by atoms with E-state index in [-0.39, 0.29) is 13.0 Å². The zero-order valence-corrected chi connectivity index (χ0v) is 35.3. The molecule has 1 fully saturated rings. The lowest BCUT2D eigenvalue weighted by molar-refractivity contribution is -0.220. The Morgan fingerprint density at radius 3 is 1.50 bits per heavy atom.